The zero-order valence-corrected chi connectivity index (χ0v) is 14.3. The van der Waals surface area contributed by atoms with Crippen molar-refractivity contribution in [1.29, 1.82) is 0 Å². The smallest absolute Gasteiger partial charge is 0.336 e. The van der Waals surface area contributed by atoms with Gasteiger partial charge in [0.05, 0.1) is 0 Å². The Morgan fingerprint density at radius 3 is 2.12 bits per heavy atom. The number of rotatable bonds is 9. The van der Waals surface area contributed by atoms with Crippen molar-refractivity contribution in [2.45, 2.75) is 58.2 Å². The van der Waals surface area contributed by atoms with Crippen LogP contribution in [-0.2, 0) is 19.1 Å². The molecule has 1 saturated heterocycles. The molecular formula is C15H26N2O7. The number of carboxylic acids is 1. The summed E-state index contributed by atoms with van der Waals surface area (Å²) >= 11 is 0. The molecule has 0 bridgehead atoms. The number of epoxide rings is 1. The number of hydrogen-bond acceptors (Lipinski definition) is 6. The molecular weight excluding hydrogens is 320 g/mol. The van der Waals surface area contributed by atoms with Crippen LogP contribution in [0.4, 0.5) is 0 Å². The van der Waals surface area contributed by atoms with Gasteiger partial charge in [-0.05, 0) is 12.3 Å². The van der Waals surface area contributed by atoms with Crippen LogP contribution in [0.15, 0.2) is 0 Å². The first kappa shape index (κ1) is 20.3. The normalized spacial score (nSPS) is 21.5. The third-order valence-electron chi connectivity index (χ3n) is 3.84. The highest BCUT2D eigenvalue weighted by Gasteiger charge is 2.53. The molecule has 2 amide bonds. The van der Waals surface area contributed by atoms with E-state index in [1.165, 1.54) is 13.8 Å². The van der Waals surface area contributed by atoms with Gasteiger partial charge in [-0.15, -0.1) is 0 Å². The summed E-state index contributed by atoms with van der Waals surface area (Å²) < 4.78 is 4.70. The molecule has 3 atom stereocenters. The van der Waals surface area contributed by atoms with Crippen molar-refractivity contribution in [3.63, 3.8) is 0 Å². The number of aliphatic carboxylic acids is 1. The molecule has 0 radical (unpaired) electrons. The molecule has 0 spiro atoms. The maximum absolute atomic E-state index is 12.3. The molecule has 1 aliphatic heterocycles. The Balaban J connectivity index is 2.77. The van der Waals surface area contributed by atoms with Gasteiger partial charge in [0.25, 0.3) is 5.91 Å². The molecule has 9 heteroatoms. The maximum Gasteiger partial charge on any atom is 0.336 e. The first-order valence-electron chi connectivity index (χ1n) is 7.89. The number of aliphatic hydroxyl groups is 2. The molecule has 0 aromatic rings. The van der Waals surface area contributed by atoms with Crippen molar-refractivity contribution >= 4 is 17.8 Å². The lowest BCUT2D eigenvalue weighted by Crippen LogP contribution is -2.63. The lowest BCUT2D eigenvalue weighted by atomic mass is 9.94. The fourth-order valence-corrected chi connectivity index (χ4v) is 2.01. The van der Waals surface area contributed by atoms with E-state index in [0.717, 1.165) is 0 Å². The number of carbonyl (C=O) groups excluding carboxylic acids is 2. The number of amides is 2. The highest BCUT2D eigenvalue weighted by Crippen LogP contribution is 2.24. The number of carboxylic acid groups (broad SMARTS) is 1. The highest BCUT2D eigenvalue weighted by molar-refractivity contribution is 5.95. The van der Waals surface area contributed by atoms with E-state index < -0.39 is 47.7 Å². The summed E-state index contributed by atoms with van der Waals surface area (Å²) in [4.78, 5) is 35.0. The SMILES string of the molecule is CC(C)CCNC(=O)C(NC(=O)C1OC1C(=O)O)C(O)(O)C(C)C. The molecule has 1 fully saturated rings. The zero-order valence-electron chi connectivity index (χ0n) is 14.3. The second-order valence-electron chi connectivity index (χ2n) is 6.67. The summed E-state index contributed by atoms with van der Waals surface area (Å²) in [6.45, 7) is 7.22. The lowest BCUT2D eigenvalue weighted by Gasteiger charge is -2.34. The Morgan fingerprint density at radius 2 is 1.71 bits per heavy atom. The Kier molecular flexibility index (Phi) is 6.70. The van der Waals surface area contributed by atoms with Crippen LogP contribution in [0.3, 0.4) is 0 Å². The molecule has 24 heavy (non-hydrogen) atoms. The molecule has 0 aromatic carbocycles. The van der Waals surface area contributed by atoms with Gasteiger partial charge in [-0.3, -0.25) is 9.59 Å². The van der Waals surface area contributed by atoms with Crippen LogP contribution in [0, 0.1) is 11.8 Å². The molecule has 5 N–H and O–H groups in total. The topological polar surface area (TPSA) is 148 Å². The largest absolute Gasteiger partial charge is 0.479 e. The highest BCUT2D eigenvalue weighted by atomic mass is 16.6. The predicted octanol–water partition coefficient (Wildman–Crippen LogP) is -1.18. The molecule has 0 saturated carbocycles. The van der Waals surface area contributed by atoms with Crippen molar-refractivity contribution in [2.24, 2.45) is 11.8 Å². The van der Waals surface area contributed by atoms with Gasteiger partial charge in [-0.1, -0.05) is 27.7 Å². The summed E-state index contributed by atoms with van der Waals surface area (Å²) in [6, 6.07) is -1.64. The van der Waals surface area contributed by atoms with E-state index in [1.807, 2.05) is 13.8 Å². The second-order valence-corrected chi connectivity index (χ2v) is 6.67. The van der Waals surface area contributed by atoms with E-state index in [4.69, 9.17) is 9.84 Å². The molecule has 9 nitrogen and oxygen atoms in total. The fourth-order valence-electron chi connectivity index (χ4n) is 2.01. The molecule has 1 rings (SSSR count). The molecule has 3 unspecified atom stereocenters. The van der Waals surface area contributed by atoms with E-state index in [0.29, 0.717) is 18.9 Å². The van der Waals surface area contributed by atoms with Gasteiger partial charge in [0.1, 0.15) is 0 Å². The van der Waals surface area contributed by atoms with Crippen LogP contribution in [0.25, 0.3) is 0 Å². The standard InChI is InChI=1S/C15H26N2O7/c1-7(2)5-6-16-13(19)11(15(22,23)8(3)4)17-12(18)9-10(24-9)14(20)21/h7-11,22-23H,5-6H2,1-4H3,(H,16,19)(H,17,18)(H,20,21). The average molecular weight is 346 g/mol. The van der Waals surface area contributed by atoms with Crippen LogP contribution in [-0.4, -0.2) is 63.7 Å². The van der Waals surface area contributed by atoms with Crippen LogP contribution < -0.4 is 10.6 Å². The number of nitrogens with one attached hydrogen (secondary N) is 2. The Bertz CT molecular complexity index is 490. The van der Waals surface area contributed by atoms with Gasteiger partial charge in [0.15, 0.2) is 24.0 Å². The molecule has 1 heterocycles. The number of ether oxygens (including phenoxy) is 1. The van der Waals surface area contributed by atoms with Crippen LogP contribution in [0.2, 0.25) is 0 Å². The average Bonchev–Trinajstić information content (AvgIpc) is 3.24. The first-order valence-corrected chi connectivity index (χ1v) is 7.89. The minimum atomic E-state index is -2.49. The van der Waals surface area contributed by atoms with E-state index in [2.05, 4.69) is 10.6 Å². The molecule has 138 valence electrons. The fraction of sp³-hybridized carbons (Fsp3) is 0.800. The summed E-state index contributed by atoms with van der Waals surface area (Å²) in [5, 5.41) is 33.8. The summed E-state index contributed by atoms with van der Waals surface area (Å²) in [5.74, 6) is -5.84. The maximum atomic E-state index is 12.3. The summed E-state index contributed by atoms with van der Waals surface area (Å²) in [6.07, 6.45) is -1.83. The van der Waals surface area contributed by atoms with Crippen molar-refractivity contribution < 1.29 is 34.4 Å². The zero-order chi connectivity index (χ0) is 18.7. The van der Waals surface area contributed by atoms with Gasteiger partial charge >= 0.3 is 5.97 Å². The van der Waals surface area contributed by atoms with Crippen LogP contribution in [0.5, 0.6) is 0 Å². The predicted molar refractivity (Wildman–Crippen MR) is 82.7 cm³/mol. The number of carbonyl (C=O) groups is 3. The van der Waals surface area contributed by atoms with Gasteiger partial charge in [-0.25, -0.2) is 4.79 Å². The van der Waals surface area contributed by atoms with Gasteiger partial charge < -0.3 is 30.7 Å². The van der Waals surface area contributed by atoms with E-state index >= 15 is 0 Å². The van der Waals surface area contributed by atoms with Gasteiger partial charge in [0, 0.05) is 12.5 Å². The second kappa shape index (κ2) is 7.91. The van der Waals surface area contributed by atoms with Crippen LogP contribution in [0.1, 0.15) is 34.1 Å². The summed E-state index contributed by atoms with van der Waals surface area (Å²) in [7, 11) is 0. The monoisotopic (exact) mass is 346 g/mol. The van der Waals surface area contributed by atoms with E-state index in [-0.39, 0.29) is 0 Å². The van der Waals surface area contributed by atoms with E-state index in [1.54, 1.807) is 0 Å². The Labute approximate surface area is 140 Å². The van der Waals surface area contributed by atoms with Gasteiger partial charge in [-0.2, -0.15) is 0 Å². The van der Waals surface area contributed by atoms with Crippen molar-refractivity contribution in [2.75, 3.05) is 6.54 Å². The Hall–Kier alpha value is -1.71. The third kappa shape index (κ3) is 5.15. The van der Waals surface area contributed by atoms with E-state index in [9.17, 15) is 24.6 Å². The summed E-state index contributed by atoms with van der Waals surface area (Å²) in [5.41, 5.74) is 0. The third-order valence-corrected chi connectivity index (χ3v) is 3.84. The Morgan fingerprint density at radius 1 is 1.12 bits per heavy atom. The number of hydrogen-bond donors (Lipinski definition) is 5. The molecule has 0 aliphatic carbocycles. The van der Waals surface area contributed by atoms with Crippen molar-refractivity contribution in [3.05, 3.63) is 0 Å². The van der Waals surface area contributed by atoms with Crippen molar-refractivity contribution in [3.8, 4) is 0 Å². The quantitative estimate of drug-likeness (QED) is 0.261. The minimum absolute atomic E-state index is 0.314. The van der Waals surface area contributed by atoms with Gasteiger partial charge in [0.2, 0.25) is 5.91 Å². The van der Waals surface area contributed by atoms with Crippen molar-refractivity contribution in [1.82, 2.24) is 10.6 Å². The lowest BCUT2D eigenvalue weighted by molar-refractivity contribution is -0.213. The first-order chi connectivity index (χ1) is 11.0. The van der Waals surface area contributed by atoms with Crippen LogP contribution >= 0.6 is 0 Å². The minimum Gasteiger partial charge on any atom is -0.479 e. The molecule has 1 aliphatic rings. The molecule has 0 aromatic heterocycles.